The minimum atomic E-state index is 0.827. The zero-order valence-corrected chi connectivity index (χ0v) is 12.1. The van der Waals surface area contributed by atoms with Crippen LogP contribution in [0.2, 0.25) is 5.02 Å². The first-order valence-corrected chi connectivity index (χ1v) is 7.20. The molecule has 0 aliphatic heterocycles. The van der Waals surface area contributed by atoms with Crippen molar-refractivity contribution in [2.75, 3.05) is 0 Å². The largest absolute Gasteiger partial charge is 0.0840 e. The Labute approximate surface area is 111 Å². The minimum Gasteiger partial charge on any atom is -0.0840 e. The molecule has 1 aromatic carbocycles. The van der Waals surface area contributed by atoms with Crippen LogP contribution in [-0.4, -0.2) is 0 Å². The zero-order valence-electron chi connectivity index (χ0n) is 11.4. The first kappa shape index (κ1) is 14.6. The molecule has 0 amide bonds. The van der Waals surface area contributed by atoms with Crippen LogP contribution >= 0.6 is 11.6 Å². The lowest BCUT2D eigenvalue weighted by atomic mass is 9.93. The molecule has 0 spiro atoms. The molecule has 1 aromatic rings. The van der Waals surface area contributed by atoms with E-state index >= 15 is 0 Å². The second kappa shape index (κ2) is 7.76. The topological polar surface area (TPSA) is 0 Å². The van der Waals surface area contributed by atoms with Crippen LogP contribution in [0.4, 0.5) is 0 Å². The standard InChI is InChI=1S/C16H25Cl/c1-13(2)12-14(3)8-4-5-9-15-10-6-7-11-16(15)17/h6-7,10-11,13-14H,4-5,8-9,12H2,1-3H3. The van der Waals surface area contributed by atoms with Crippen molar-refractivity contribution in [3.63, 3.8) is 0 Å². The Morgan fingerprint density at radius 3 is 2.41 bits per heavy atom. The molecule has 1 atom stereocenters. The third kappa shape index (κ3) is 6.12. The van der Waals surface area contributed by atoms with Crippen LogP contribution in [0.5, 0.6) is 0 Å². The number of aryl methyl sites for hydroxylation is 1. The van der Waals surface area contributed by atoms with Crippen molar-refractivity contribution in [1.82, 2.24) is 0 Å². The van der Waals surface area contributed by atoms with E-state index in [-0.39, 0.29) is 0 Å². The van der Waals surface area contributed by atoms with E-state index in [1.54, 1.807) is 0 Å². The molecule has 0 saturated heterocycles. The molecule has 1 rings (SSSR count). The van der Waals surface area contributed by atoms with Crippen LogP contribution in [-0.2, 0) is 6.42 Å². The van der Waals surface area contributed by atoms with E-state index < -0.39 is 0 Å². The van der Waals surface area contributed by atoms with Crippen LogP contribution in [0.15, 0.2) is 24.3 Å². The first-order valence-electron chi connectivity index (χ1n) is 6.83. The number of unbranched alkanes of at least 4 members (excludes halogenated alkanes) is 1. The fraction of sp³-hybridized carbons (Fsp3) is 0.625. The average Bonchev–Trinajstić information content (AvgIpc) is 2.25. The Balaban J connectivity index is 2.18. The molecule has 0 N–H and O–H groups in total. The Kier molecular flexibility index (Phi) is 6.65. The highest BCUT2D eigenvalue weighted by molar-refractivity contribution is 6.31. The molecule has 0 nitrogen and oxygen atoms in total. The van der Waals surface area contributed by atoms with Gasteiger partial charge in [0.05, 0.1) is 0 Å². The lowest BCUT2D eigenvalue weighted by Crippen LogP contribution is -2.00. The van der Waals surface area contributed by atoms with Crippen molar-refractivity contribution in [3.8, 4) is 0 Å². The molecule has 0 heterocycles. The van der Waals surface area contributed by atoms with E-state index in [9.17, 15) is 0 Å². The van der Waals surface area contributed by atoms with Crippen molar-refractivity contribution in [2.45, 2.75) is 52.9 Å². The van der Waals surface area contributed by atoms with E-state index in [1.165, 1.54) is 31.2 Å². The zero-order chi connectivity index (χ0) is 12.7. The summed E-state index contributed by atoms with van der Waals surface area (Å²) in [6, 6.07) is 8.19. The normalized spacial score (nSPS) is 13.0. The summed E-state index contributed by atoms with van der Waals surface area (Å²) in [6.45, 7) is 6.98. The van der Waals surface area contributed by atoms with Crippen molar-refractivity contribution < 1.29 is 0 Å². The van der Waals surface area contributed by atoms with Gasteiger partial charge in [0.2, 0.25) is 0 Å². The summed E-state index contributed by atoms with van der Waals surface area (Å²) in [6.07, 6.45) is 6.40. The van der Waals surface area contributed by atoms with E-state index in [0.29, 0.717) is 0 Å². The monoisotopic (exact) mass is 252 g/mol. The summed E-state index contributed by atoms with van der Waals surface area (Å²) >= 11 is 6.13. The van der Waals surface area contributed by atoms with Crippen molar-refractivity contribution in [3.05, 3.63) is 34.9 Å². The maximum atomic E-state index is 6.13. The van der Waals surface area contributed by atoms with Crippen LogP contribution in [0.3, 0.4) is 0 Å². The van der Waals surface area contributed by atoms with Gasteiger partial charge in [-0.25, -0.2) is 0 Å². The van der Waals surface area contributed by atoms with Gasteiger partial charge in [-0.3, -0.25) is 0 Å². The summed E-state index contributed by atoms with van der Waals surface area (Å²) in [5.74, 6) is 1.69. The predicted molar refractivity (Wildman–Crippen MR) is 77.6 cm³/mol. The van der Waals surface area contributed by atoms with Gasteiger partial charge in [-0.05, 0) is 42.7 Å². The van der Waals surface area contributed by atoms with Gasteiger partial charge in [0.1, 0.15) is 0 Å². The van der Waals surface area contributed by atoms with Gasteiger partial charge >= 0.3 is 0 Å². The first-order chi connectivity index (χ1) is 8.09. The molecule has 0 bridgehead atoms. The molecule has 0 aromatic heterocycles. The highest BCUT2D eigenvalue weighted by Gasteiger charge is 2.05. The van der Waals surface area contributed by atoms with Crippen LogP contribution in [0.1, 0.15) is 52.0 Å². The molecule has 1 heteroatoms. The molecule has 96 valence electrons. The Bertz CT molecular complexity index is 317. The average molecular weight is 253 g/mol. The molecule has 0 saturated carbocycles. The lowest BCUT2D eigenvalue weighted by molar-refractivity contribution is 0.401. The number of rotatable bonds is 7. The van der Waals surface area contributed by atoms with Crippen LogP contribution in [0, 0.1) is 11.8 Å². The third-order valence-electron chi connectivity index (χ3n) is 3.22. The van der Waals surface area contributed by atoms with Gasteiger partial charge in [0.25, 0.3) is 0 Å². The summed E-state index contributed by atoms with van der Waals surface area (Å²) in [7, 11) is 0. The summed E-state index contributed by atoms with van der Waals surface area (Å²) in [4.78, 5) is 0. The molecule has 0 aliphatic rings. The third-order valence-corrected chi connectivity index (χ3v) is 3.59. The smallest absolute Gasteiger partial charge is 0.0437 e. The second-order valence-corrected chi connectivity index (χ2v) is 5.98. The van der Waals surface area contributed by atoms with Gasteiger partial charge in [0.15, 0.2) is 0 Å². The fourth-order valence-corrected chi connectivity index (χ4v) is 2.66. The highest BCUT2D eigenvalue weighted by Crippen LogP contribution is 2.20. The van der Waals surface area contributed by atoms with Crippen LogP contribution < -0.4 is 0 Å². The van der Waals surface area contributed by atoms with E-state index in [1.807, 2.05) is 12.1 Å². The SMILES string of the molecule is CC(C)CC(C)CCCCc1ccccc1Cl. The fourth-order valence-electron chi connectivity index (χ4n) is 2.43. The van der Waals surface area contributed by atoms with Gasteiger partial charge in [-0.15, -0.1) is 0 Å². The molecule has 1 unspecified atom stereocenters. The van der Waals surface area contributed by atoms with Crippen LogP contribution in [0.25, 0.3) is 0 Å². The molecular formula is C16H25Cl. The Morgan fingerprint density at radius 2 is 1.76 bits per heavy atom. The summed E-state index contributed by atoms with van der Waals surface area (Å²) in [5.41, 5.74) is 1.30. The molecular weight excluding hydrogens is 228 g/mol. The molecule has 0 aliphatic carbocycles. The number of hydrogen-bond acceptors (Lipinski definition) is 0. The van der Waals surface area contributed by atoms with E-state index in [2.05, 4.69) is 32.9 Å². The molecule has 0 radical (unpaired) electrons. The molecule has 17 heavy (non-hydrogen) atoms. The van der Waals surface area contributed by atoms with Gasteiger partial charge < -0.3 is 0 Å². The van der Waals surface area contributed by atoms with Gasteiger partial charge in [-0.1, -0.05) is 63.4 Å². The quantitative estimate of drug-likeness (QED) is 0.543. The minimum absolute atomic E-state index is 0.827. The molecule has 0 fully saturated rings. The van der Waals surface area contributed by atoms with E-state index in [0.717, 1.165) is 23.3 Å². The number of benzene rings is 1. The summed E-state index contributed by atoms with van der Waals surface area (Å²) < 4.78 is 0. The summed E-state index contributed by atoms with van der Waals surface area (Å²) in [5, 5.41) is 0.919. The van der Waals surface area contributed by atoms with Gasteiger partial charge in [0, 0.05) is 5.02 Å². The van der Waals surface area contributed by atoms with Crippen molar-refractivity contribution in [2.24, 2.45) is 11.8 Å². The maximum absolute atomic E-state index is 6.13. The lowest BCUT2D eigenvalue weighted by Gasteiger charge is -2.13. The maximum Gasteiger partial charge on any atom is 0.0437 e. The number of hydrogen-bond donors (Lipinski definition) is 0. The number of halogens is 1. The van der Waals surface area contributed by atoms with Crippen molar-refractivity contribution >= 4 is 11.6 Å². The Morgan fingerprint density at radius 1 is 1.06 bits per heavy atom. The highest BCUT2D eigenvalue weighted by atomic mass is 35.5. The second-order valence-electron chi connectivity index (χ2n) is 5.57. The van der Waals surface area contributed by atoms with Crippen molar-refractivity contribution in [1.29, 1.82) is 0 Å². The van der Waals surface area contributed by atoms with Gasteiger partial charge in [-0.2, -0.15) is 0 Å². The Hall–Kier alpha value is -0.490. The predicted octanol–water partition coefficient (Wildman–Crippen LogP) is 5.74. The van der Waals surface area contributed by atoms with E-state index in [4.69, 9.17) is 11.6 Å².